The lowest BCUT2D eigenvalue weighted by molar-refractivity contribution is -0.928. The van der Waals surface area contributed by atoms with Crippen LogP contribution in [0.1, 0.15) is 59.3 Å². The van der Waals surface area contributed by atoms with E-state index in [4.69, 9.17) is 0 Å². The molecule has 0 saturated heterocycles. The summed E-state index contributed by atoms with van der Waals surface area (Å²) in [5.41, 5.74) is 4.28. The van der Waals surface area contributed by atoms with E-state index in [2.05, 4.69) is 41.0 Å². The van der Waals surface area contributed by atoms with Crippen LogP contribution in [0.5, 0.6) is 0 Å². The van der Waals surface area contributed by atoms with Crippen LogP contribution in [0.25, 0.3) is 0 Å². The summed E-state index contributed by atoms with van der Waals surface area (Å²) in [5.74, 6) is 1.02. The highest BCUT2D eigenvalue weighted by Gasteiger charge is 2.43. The Labute approximate surface area is 159 Å². The van der Waals surface area contributed by atoms with Gasteiger partial charge in [0.05, 0.1) is 12.6 Å². The number of aryl methyl sites for hydroxylation is 1. The summed E-state index contributed by atoms with van der Waals surface area (Å²) in [5, 5.41) is 5.60. The van der Waals surface area contributed by atoms with Crippen molar-refractivity contribution in [1.82, 2.24) is 5.32 Å². The average molecular weight is 368 g/mol. The third-order valence-corrected chi connectivity index (χ3v) is 7.41. The molecule has 3 aliphatic rings. The molecule has 2 aliphatic carbocycles. The van der Waals surface area contributed by atoms with Gasteiger partial charge in [-0.25, -0.2) is 0 Å². The van der Waals surface area contributed by atoms with Crippen LogP contribution in [0.4, 0.5) is 0 Å². The highest BCUT2D eigenvalue weighted by Crippen LogP contribution is 2.42. The molecule has 5 rings (SSSR count). The lowest BCUT2D eigenvalue weighted by Crippen LogP contribution is -3.14. The molecule has 1 fully saturated rings. The summed E-state index contributed by atoms with van der Waals surface area (Å²) in [6.45, 7) is 1.72. The molecule has 2 heterocycles. The summed E-state index contributed by atoms with van der Waals surface area (Å²) in [4.78, 5) is 15.9. The van der Waals surface area contributed by atoms with Gasteiger partial charge in [0.25, 0.3) is 5.91 Å². The van der Waals surface area contributed by atoms with E-state index in [1.54, 1.807) is 4.88 Å². The Morgan fingerprint density at radius 2 is 2.00 bits per heavy atom. The van der Waals surface area contributed by atoms with E-state index in [-0.39, 0.29) is 11.9 Å². The predicted octanol–water partition coefficient (Wildman–Crippen LogP) is 2.83. The monoisotopic (exact) mass is 367 g/mol. The summed E-state index contributed by atoms with van der Waals surface area (Å²) in [7, 11) is 0. The van der Waals surface area contributed by atoms with Gasteiger partial charge in [0, 0.05) is 22.8 Å². The molecule has 1 amide bonds. The van der Waals surface area contributed by atoms with E-state index in [1.807, 2.05) is 11.3 Å². The van der Waals surface area contributed by atoms with Gasteiger partial charge in [0.1, 0.15) is 6.04 Å². The van der Waals surface area contributed by atoms with E-state index < -0.39 is 0 Å². The Hall–Kier alpha value is -1.65. The molecule has 0 radical (unpaired) electrons. The van der Waals surface area contributed by atoms with Crippen LogP contribution in [0.2, 0.25) is 0 Å². The maximum Gasteiger partial charge on any atom is 0.275 e. The summed E-state index contributed by atoms with van der Waals surface area (Å²) >= 11 is 1.90. The Morgan fingerprint density at radius 1 is 1.12 bits per heavy atom. The number of hydrogen-bond donors (Lipinski definition) is 2. The molecule has 136 valence electrons. The van der Waals surface area contributed by atoms with Crippen LogP contribution < -0.4 is 10.2 Å². The molecule has 1 saturated carbocycles. The molecule has 2 N–H and O–H groups in total. The van der Waals surface area contributed by atoms with Crippen molar-refractivity contribution in [2.24, 2.45) is 5.92 Å². The van der Waals surface area contributed by atoms with Crippen molar-refractivity contribution in [3.8, 4) is 0 Å². The number of rotatable bonds is 4. The average Bonchev–Trinajstić information content (AvgIpc) is 3.38. The zero-order valence-electron chi connectivity index (χ0n) is 15.2. The molecule has 3 nitrogen and oxygen atoms in total. The Morgan fingerprint density at radius 3 is 2.88 bits per heavy atom. The molecule has 1 aromatic heterocycles. The topological polar surface area (TPSA) is 33.5 Å². The van der Waals surface area contributed by atoms with Gasteiger partial charge in [-0.3, -0.25) is 4.79 Å². The minimum atomic E-state index is 0.202. The number of nitrogens with one attached hydrogen (secondary N) is 2. The van der Waals surface area contributed by atoms with E-state index >= 15 is 0 Å². The number of quaternary nitrogens is 1. The highest BCUT2D eigenvalue weighted by atomic mass is 32.1. The lowest BCUT2D eigenvalue weighted by atomic mass is 9.87. The predicted molar refractivity (Wildman–Crippen MR) is 104 cm³/mol. The fourth-order valence-electron chi connectivity index (χ4n) is 5.05. The summed E-state index contributed by atoms with van der Waals surface area (Å²) < 4.78 is 0. The molecule has 1 aromatic carbocycles. The van der Waals surface area contributed by atoms with E-state index in [1.165, 1.54) is 40.9 Å². The zero-order valence-corrected chi connectivity index (χ0v) is 16.0. The third-order valence-electron chi connectivity index (χ3n) is 6.41. The minimum absolute atomic E-state index is 0.202. The molecule has 1 unspecified atom stereocenters. The second-order valence-electron chi connectivity index (χ2n) is 8.16. The first kappa shape index (κ1) is 16.5. The number of carbonyl (C=O) groups excluding carboxylic acids is 1. The van der Waals surface area contributed by atoms with Gasteiger partial charge < -0.3 is 10.2 Å². The van der Waals surface area contributed by atoms with Crippen LogP contribution in [0, 0.1) is 5.92 Å². The van der Waals surface area contributed by atoms with Crippen molar-refractivity contribution >= 4 is 17.2 Å². The van der Waals surface area contributed by atoms with E-state index in [9.17, 15) is 4.79 Å². The number of fused-ring (bicyclic) bond motifs is 2. The number of thiophene rings is 1. The molecule has 0 spiro atoms. The minimum Gasteiger partial charge on any atom is -0.344 e. The second-order valence-corrected chi connectivity index (χ2v) is 9.16. The van der Waals surface area contributed by atoms with Gasteiger partial charge in [0.2, 0.25) is 0 Å². The first-order chi connectivity index (χ1) is 12.8. The van der Waals surface area contributed by atoms with E-state index in [0.717, 1.165) is 31.7 Å². The van der Waals surface area contributed by atoms with Crippen molar-refractivity contribution in [1.29, 1.82) is 0 Å². The van der Waals surface area contributed by atoms with Crippen LogP contribution in [-0.4, -0.2) is 19.0 Å². The van der Waals surface area contributed by atoms with Gasteiger partial charge in [-0.1, -0.05) is 24.3 Å². The number of amides is 1. The van der Waals surface area contributed by atoms with Crippen LogP contribution in [-0.2, 0) is 17.6 Å². The van der Waals surface area contributed by atoms with Gasteiger partial charge >= 0.3 is 0 Å². The Kier molecular flexibility index (Phi) is 4.33. The quantitative estimate of drug-likeness (QED) is 0.856. The Bertz CT molecular complexity index is 810. The fraction of sp³-hybridized carbons (Fsp3) is 0.500. The molecule has 26 heavy (non-hydrogen) atoms. The number of hydrogen-bond acceptors (Lipinski definition) is 2. The largest absolute Gasteiger partial charge is 0.344 e. The highest BCUT2D eigenvalue weighted by molar-refractivity contribution is 7.10. The van der Waals surface area contributed by atoms with Crippen molar-refractivity contribution < 1.29 is 9.69 Å². The van der Waals surface area contributed by atoms with Gasteiger partial charge in [0.15, 0.2) is 6.54 Å². The summed E-state index contributed by atoms with van der Waals surface area (Å²) in [6.07, 6.45) is 7.18. The first-order valence-corrected chi connectivity index (χ1v) is 11.0. The normalized spacial score (nSPS) is 27.5. The Balaban J connectivity index is 1.29. The van der Waals surface area contributed by atoms with Crippen LogP contribution in [0.3, 0.4) is 0 Å². The fourth-order valence-corrected chi connectivity index (χ4v) is 5.98. The molecule has 1 aliphatic heterocycles. The standard InChI is InChI=1S/C22H26N2OS/c25-21(23-19-7-3-5-15-4-1-2-6-17(15)19)14-24-12-10-20-18(11-13-26-20)22(24)16-8-9-16/h1-2,4,6,11,13,16,19,22H,3,5,7-10,12,14H2,(H,23,25)/p+1/t19-,22-/m0/s1. The number of carbonyl (C=O) groups is 1. The SMILES string of the molecule is O=C(C[NH+]1CCc2sccc2[C@@H]1C1CC1)N[C@H]1CCCc2ccccc21. The number of benzene rings is 1. The molecule has 2 aromatic rings. The smallest absolute Gasteiger partial charge is 0.275 e. The van der Waals surface area contributed by atoms with Crippen molar-refractivity contribution in [3.63, 3.8) is 0 Å². The summed E-state index contributed by atoms with van der Waals surface area (Å²) in [6, 6.07) is 11.7. The van der Waals surface area contributed by atoms with Gasteiger partial charge in [-0.15, -0.1) is 11.3 Å². The van der Waals surface area contributed by atoms with Crippen molar-refractivity contribution in [3.05, 3.63) is 57.3 Å². The van der Waals surface area contributed by atoms with E-state index in [0.29, 0.717) is 12.6 Å². The third kappa shape index (κ3) is 3.10. The molecule has 4 heteroatoms. The lowest BCUT2D eigenvalue weighted by Gasteiger charge is -2.33. The maximum absolute atomic E-state index is 12.9. The van der Waals surface area contributed by atoms with Gasteiger partial charge in [-0.2, -0.15) is 0 Å². The molecular formula is C22H27N2OS+. The second kappa shape index (κ2) is 6.82. The first-order valence-electron chi connectivity index (χ1n) is 10.1. The molecule has 0 bridgehead atoms. The van der Waals surface area contributed by atoms with Crippen molar-refractivity contribution in [2.45, 2.75) is 50.6 Å². The van der Waals surface area contributed by atoms with Crippen LogP contribution >= 0.6 is 11.3 Å². The van der Waals surface area contributed by atoms with Crippen LogP contribution in [0.15, 0.2) is 35.7 Å². The van der Waals surface area contributed by atoms with Crippen molar-refractivity contribution in [2.75, 3.05) is 13.1 Å². The maximum atomic E-state index is 12.9. The zero-order chi connectivity index (χ0) is 17.5. The molecule has 3 atom stereocenters. The molecular weight excluding hydrogens is 340 g/mol. The van der Waals surface area contributed by atoms with Gasteiger partial charge in [-0.05, 0) is 54.7 Å².